The smallest absolute Gasteiger partial charge is 0.0698 e. The van der Waals surface area contributed by atoms with Gasteiger partial charge in [-0.2, -0.15) is 0 Å². The lowest BCUT2D eigenvalue weighted by molar-refractivity contribution is 0.0992. The van der Waals surface area contributed by atoms with Gasteiger partial charge in [0.15, 0.2) is 0 Å². The van der Waals surface area contributed by atoms with Crippen LogP contribution in [0.5, 0.6) is 0 Å². The molecule has 4 N–H and O–H groups in total. The molecule has 0 unspecified atom stereocenters. The van der Waals surface area contributed by atoms with Gasteiger partial charge in [0, 0.05) is 6.54 Å². The van der Waals surface area contributed by atoms with E-state index < -0.39 is 0 Å². The minimum absolute atomic E-state index is 0.0630. The monoisotopic (exact) mass is 196 g/mol. The van der Waals surface area contributed by atoms with Crippen molar-refractivity contribution in [1.82, 2.24) is 0 Å². The average molecular weight is 196 g/mol. The molecule has 4 nitrogen and oxygen atoms in total. The van der Waals surface area contributed by atoms with Crippen LogP contribution in [0.3, 0.4) is 0 Å². The van der Waals surface area contributed by atoms with Crippen molar-refractivity contribution in [2.45, 2.75) is 0 Å². The molecule has 0 saturated heterocycles. The summed E-state index contributed by atoms with van der Waals surface area (Å²) in [5, 5.41) is 11.6. The molecule has 0 heterocycles. The Kier molecular flexibility index (Phi) is 4.82. The molecule has 1 aromatic carbocycles. The Hall–Kier alpha value is -1.26. The van der Waals surface area contributed by atoms with Crippen LogP contribution in [0, 0.1) is 0 Å². The van der Waals surface area contributed by atoms with Gasteiger partial charge in [0.05, 0.1) is 31.2 Å². The molecule has 1 rings (SSSR count). The fourth-order valence-corrected chi connectivity index (χ4v) is 1.08. The van der Waals surface area contributed by atoms with Crippen LogP contribution in [0.4, 0.5) is 11.4 Å². The quantitative estimate of drug-likeness (QED) is 0.462. The van der Waals surface area contributed by atoms with Gasteiger partial charge in [-0.05, 0) is 12.1 Å². The minimum Gasteiger partial charge on any atom is -0.397 e. The van der Waals surface area contributed by atoms with E-state index in [9.17, 15) is 0 Å². The van der Waals surface area contributed by atoms with Crippen molar-refractivity contribution in [1.29, 1.82) is 0 Å². The molecule has 0 amide bonds. The number of nitrogens with one attached hydrogen (secondary N) is 1. The molecule has 0 saturated carbocycles. The number of nitrogen functional groups attached to an aromatic ring is 1. The Balaban J connectivity index is 2.21. The van der Waals surface area contributed by atoms with Crippen LogP contribution in [0.15, 0.2) is 24.3 Å². The number of ether oxygens (including phenoxy) is 1. The summed E-state index contributed by atoms with van der Waals surface area (Å²) in [7, 11) is 0. The summed E-state index contributed by atoms with van der Waals surface area (Å²) in [6.45, 7) is 1.70. The number of aliphatic hydroxyl groups is 1. The number of para-hydroxylation sites is 2. The van der Waals surface area contributed by atoms with Gasteiger partial charge in [0.1, 0.15) is 0 Å². The highest BCUT2D eigenvalue weighted by Gasteiger charge is 1.95. The molecule has 0 bridgehead atoms. The van der Waals surface area contributed by atoms with Crippen molar-refractivity contribution in [3.8, 4) is 0 Å². The lowest BCUT2D eigenvalue weighted by atomic mass is 10.3. The van der Waals surface area contributed by atoms with Gasteiger partial charge in [-0.3, -0.25) is 0 Å². The van der Waals surface area contributed by atoms with Gasteiger partial charge >= 0.3 is 0 Å². The normalized spacial score (nSPS) is 10.1. The number of anilines is 2. The van der Waals surface area contributed by atoms with Crippen molar-refractivity contribution in [3.05, 3.63) is 24.3 Å². The molecule has 0 fully saturated rings. The number of aliphatic hydroxyl groups excluding tert-OH is 1. The maximum Gasteiger partial charge on any atom is 0.0698 e. The Morgan fingerprint density at radius 2 is 2.07 bits per heavy atom. The average Bonchev–Trinajstić information content (AvgIpc) is 2.20. The summed E-state index contributed by atoms with van der Waals surface area (Å²) in [4.78, 5) is 0. The highest BCUT2D eigenvalue weighted by atomic mass is 16.5. The zero-order chi connectivity index (χ0) is 10.2. The van der Waals surface area contributed by atoms with Gasteiger partial charge in [-0.15, -0.1) is 0 Å². The Bertz CT molecular complexity index is 266. The second-order valence-corrected chi connectivity index (χ2v) is 2.85. The van der Waals surface area contributed by atoms with Crippen LogP contribution in [0.2, 0.25) is 0 Å². The summed E-state index contributed by atoms with van der Waals surface area (Å²) < 4.78 is 5.09. The van der Waals surface area contributed by atoms with Crippen molar-refractivity contribution in [3.63, 3.8) is 0 Å². The molecule has 0 radical (unpaired) electrons. The first-order valence-electron chi connectivity index (χ1n) is 4.61. The highest BCUT2D eigenvalue weighted by Crippen LogP contribution is 2.15. The molecule has 4 heteroatoms. The Morgan fingerprint density at radius 3 is 2.79 bits per heavy atom. The van der Waals surface area contributed by atoms with Crippen LogP contribution in [-0.4, -0.2) is 31.5 Å². The second kappa shape index (κ2) is 6.23. The van der Waals surface area contributed by atoms with Gasteiger partial charge in [-0.1, -0.05) is 12.1 Å². The number of rotatable bonds is 6. The van der Waals surface area contributed by atoms with E-state index in [2.05, 4.69) is 5.32 Å². The number of hydrogen-bond acceptors (Lipinski definition) is 4. The Labute approximate surface area is 83.7 Å². The highest BCUT2D eigenvalue weighted by molar-refractivity contribution is 5.65. The third-order valence-electron chi connectivity index (χ3n) is 1.76. The van der Waals surface area contributed by atoms with Gasteiger partial charge in [0.25, 0.3) is 0 Å². The fraction of sp³-hybridized carbons (Fsp3) is 0.400. The molecule has 1 aromatic rings. The SMILES string of the molecule is Nc1ccccc1NCCOCCO. The predicted octanol–water partition coefficient (Wildman–Crippen LogP) is 0.690. The summed E-state index contributed by atoms with van der Waals surface area (Å²) in [6.07, 6.45) is 0. The van der Waals surface area contributed by atoms with Crippen LogP contribution in [0.1, 0.15) is 0 Å². The molecular weight excluding hydrogens is 180 g/mol. The largest absolute Gasteiger partial charge is 0.397 e. The third kappa shape index (κ3) is 3.64. The molecule has 0 atom stereocenters. The maximum atomic E-state index is 8.46. The zero-order valence-electron chi connectivity index (χ0n) is 8.07. The molecule has 14 heavy (non-hydrogen) atoms. The Morgan fingerprint density at radius 1 is 1.29 bits per heavy atom. The van der Waals surface area contributed by atoms with Crippen LogP contribution < -0.4 is 11.1 Å². The summed E-state index contributed by atoms with van der Waals surface area (Å²) >= 11 is 0. The van der Waals surface area contributed by atoms with Gasteiger partial charge in [0.2, 0.25) is 0 Å². The van der Waals surface area contributed by atoms with E-state index in [0.717, 1.165) is 11.4 Å². The van der Waals surface area contributed by atoms with E-state index in [1.807, 2.05) is 24.3 Å². The third-order valence-corrected chi connectivity index (χ3v) is 1.76. The van der Waals surface area contributed by atoms with E-state index in [4.69, 9.17) is 15.6 Å². The predicted molar refractivity (Wildman–Crippen MR) is 57.2 cm³/mol. The van der Waals surface area contributed by atoms with E-state index in [-0.39, 0.29) is 6.61 Å². The van der Waals surface area contributed by atoms with Crippen LogP contribution >= 0.6 is 0 Å². The minimum atomic E-state index is 0.0630. The fourth-order valence-electron chi connectivity index (χ4n) is 1.08. The van der Waals surface area contributed by atoms with Crippen molar-refractivity contribution in [2.75, 3.05) is 37.4 Å². The van der Waals surface area contributed by atoms with Crippen molar-refractivity contribution in [2.24, 2.45) is 0 Å². The van der Waals surface area contributed by atoms with Crippen LogP contribution in [0.25, 0.3) is 0 Å². The zero-order valence-corrected chi connectivity index (χ0v) is 8.07. The first-order chi connectivity index (χ1) is 6.84. The van der Waals surface area contributed by atoms with Crippen molar-refractivity contribution < 1.29 is 9.84 Å². The first kappa shape index (κ1) is 10.8. The van der Waals surface area contributed by atoms with Gasteiger partial charge in [-0.25, -0.2) is 0 Å². The standard InChI is InChI=1S/C10H16N2O2/c11-9-3-1-2-4-10(9)12-5-7-14-8-6-13/h1-4,12-13H,5-8,11H2. The molecular formula is C10H16N2O2. The van der Waals surface area contributed by atoms with E-state index in [1.54, 1.807) is 0 Å². The molecule has 0 aromatic heterocycles. The van der Waals surface area contributed by atoms with Gasteiger partial charge < -0.3 is 20.9 Å². The second-order valence-electron chi connectivity index (χ2n) is 2.85. The summed E-state index contributed by atoms with van der Waals surface area (Å²) in [5.74, 6) is 0. The molecule has 78 valence electrons. The molecule has 0 aliphatic heterocycles. The first-order valence-corrected chi connectivity index (χ1v) is 4.61. The van der Waals surface area contributed by atoms with E-state index >= 15 is 0 Å². The number of hydrogen-bond donors (Lipinski definition) is 3. The molecule has 0 spiro atoms. The molecule has 0 aliphatic carbocycles. The summed E-state index contributed by atoms with van der Waals surface area (Å²) in [6, 6.07) is 7.58. The van der Waals surface area contributed by atoms with Crippen LogP contribution in [-0.2, 0) is 4.74 Å². The van der Waals surface area contributed by atoms with E-state index in [1.165, 1.54) is 0 Å². The maximum absolute atomic E-state index is 8.46. The van der Waals surface area contributed by atoms with Crippen molar-refractivity contribution >= 4 is 11.4 Å². The lowest BCUT2D eigenvalue weighted by Crippen LogP contribution is -2.12. The lowest BCUT2D eigenvalue weighted by Gasteiger charge is -2.08. The number of nitrogens with two attached hydrogens (primary N) is 1. The van der Waals surface area contributed by atoms with E-state index in [0.29, 0.717) is 19.8 Å². The molecule has 0 aliphatic rings. The summed E-state index contributed by atoms with van der Waals surface area (Å²) in [5.41, 5.74) is 7.37. The number of benzene rings is 1. The topological polar surface area (TPSA) is 67.5 Å².